The van der Waals surface area contributed by atoms with E-state index in [-0.39, 0.29) is 0 Å². The van der Waals surface area contributed by atoms with Gasteiger partial charge in [0.15, 0.2) is 6.61 Å². The van der Waals surface area contributed by atoms with Crippen molar-refractivity contribution in [1.82, 2.24) is 0 Å². The van der Waals surface area contributed by atoms with Crippen LogP contribution in [0.1, 0.15) is 19.4 Å². The lowest BCUT2D eigenvalue weighted by Crippen LogP contribution is -2.33. The number of esters is 1. The highest BCUT2D eigenvalue weighted by atomic mass is 16.5. The van der Waals surface area contributed by atoms with Gasteiger partial charge in [0, 0.05) is 16.8 Å². The molecule has 0 aliphatic heterocycles. The molecule has 1 amide bonds. The number of ether oxygens (including phenoxy) is 2. The van der Waals surface area contributed by atoms with Gasteiger partial charge in [0.1, 0.15) is 16.9 Å². The van der Waals surface area contributed by atoms with Crippen molar-refractivity contribution in [2.24, 2.45) is 0 Å². The molecule has 31 heavy (non-hydrogen) atoms. The Morgan fingerprint density at radius 2 is 1.65 bits per heavy atom. The van der Waals surface area contributed by atoms with Crippen LogP contribution in [0.5, 0.6) is 5.75 Å². The van der Waals surface area contributed by atoms with Crippen LogP contribution in [0.15, 0.2) is 71.1 Å². The van der Waals surface area contributed by atoms with E-state index in [1.807, 2.05) is 60.7 Å². The van der Waals surface area contributed by atoms with Crippen LogP contribution >= 0.6 is 0 Å². The summed E-state index contributed by atoms with van der Waals surface area (Å²) in [5.74, 6) is -0.456. The second-order valence-electron chi connectivity index (χ2n) is 7.76. The predicted molar refractivity (Wildman–Crippen MR) is 119 cm³/mol. The standard InChI is InChI=1S/C25H23NO5/c1-25(2,16-9-5-4-6-10-16)24(28)30-15-23(27)26-19-14-21-18(13-22(19)29-3)17-11-7-8-12-20(17)31-21/h4-14H,15H2,1-3H3,(H,26,27). The summed E-state index contributed by atoms with van der Waals surface area (Å²) in [6.45, 7) is 3.12. The molecule has 0 spiro atoms. The molecule has 0 saturated carbocycles. The Bertz CT molecular complexity index is 1260. The molecule has 0 unspecified atom stereocenters. The predicted octanol–water partition coefficient (Wildman–Crippen LogP) is 5.05. The summed E-state index contributed by atoms with van der Waals surface area (Å²) in [4.78, 5) is 25.1. The van der Waals surface area contributed by atoms with Gasteiger partial charge in [-0.15, -0.1) is 0 Å². The van der Waals surface area contributed by atoms with Crippen molar-refractivity contribution in [2.45, 2.75) is 19.3 Å². The summed E-state index contributed by atoms with van der Waals surface area (Å²) in [6, 6.07) is 20.5. The fraction of sp³-hybridized carbons (Fsp3) is 0.200. The average Bonchev–Trinajstić information content (AvgIpc) is 3.14. The average molecular weight is 417 g/mol. The fourth-order valence-electron chi connectivity index (χ4n) is 3.49. The van der Waals surface area contributed by atoms with Crippen molar-refractivity contribution in [3.05, 3.63) is 72.3 Å². The molecule has 158 valence electrons. The molecule has 3 aromatic carbocycles. The monoisotopic (exact) mass is 417 g/mol. The van der Waals surface area contributed by atoms with E-state index < -0.39 is 23.9 Å². The third-order valence-electron chi connectivity index (χ3n) is 5.31. The van der Waals surface area contributed by atoms with Gasteiger partial charge in [-0.05, 0) is 31.5 Å². The van der Waals surface area contributed by atoms with Crippen molar-refractivity contribution < 1.29 is 23.5 Å². The van der Waals surface area contributed by atoms with Crippen LogP contribution in [0.2, 0.25) is 0 Å². The maximum atomic E-state index is 12.6. The smallest absolute Gasteiger partial charge is 0.316 e. The van der Waals surface area contributed by atoms with Gasteiger partial charge in [-0.1, -0.05) is 48.5 Å². The van der Waals surface area contributed by atoms with Crippen molar-refractivity contribution in [3.8, 4) is 5.75 Å². The van der Waals surface area contributed by atoms with Gasteiger partial charge >= 0.3 is 5.97 Å². The lowest BCUT2D eigenvalue weighted by molar-refractivity contribution is -0.152. The van der Waals surface area contributed by atoms with Gasteiger partial charge in [0.05, 0.1) is 18.2 Å². The van der Waals surface area contributed by atoms with Gasteiger partial charge < -0.3 is 19.2 Å². The topological polar surface area (TPSA) is 77.8 Å². The van der Waals surface area contributed by atoms with Crippen LogP contribution in [-0.4, -0.2) is 25.6 Å². The first-order chi connectivity index (χ1) is 14.9. The van der Waals surface area contributed by atoms with Gasteiger partial charge in [-0.25, -0.2) is 0 Å². The minimum absolute atomic E-state index is 0.406. The van der Waals surface area contributed by atoms with Crippen molar-refractivity contribution in [1.29, 1.82) is 0 Å². The summed E-state index contributed by atoms with van der Waals surface area (Å²) in [5.41, 5.74) is 1.77. The lowest BCUT2D eigenvalue weighted by Gasteiger charge is -2.22. The summed E-state index contributed by atoms with van der Waals surface area (Å²) in [6.07, 6.45) is 0. The highest BCUT2D eigenvalue weighted by Crippen LogP contribution is 2.36. The third kappa shape index (κ3) is 3.97. The molecule has 0 fully saturated rings. The number of benzene rings is 3. The number of hydrogen-bond donors (Lipinski definition) is 1. The van der Waals surface area contributed by atoms with Crippen molar-refractivity contribution >= 4 is 39.5 Å². The molecule has 0 saturated heterocycles. The molecule has 6 heteroatoms. The minimum Gasteiger partial charge on any atom is -0.495 e. The van der Waals surface area contributed by atoms with Gasteiger partial charge in [-0.3, -0.25) is 9.59 Å². The summed E-state index contributed by atoms with van der Waals surface area (Å²) in [7, 11) is 1.53. The fourth-order valence-corrected chi connectivity index (χ4v) is 3.49. The maximum Gasteiger partial charge on any atom is 0.316 e. The van der Waals surface area contributed by atoms with Crippen LogP contribution in [-0.2, 0) is 19.7 Å². The van der Waals surface area contributed by atoms with E-state index in [2.05, 4.69) is 5.32 Å². The van der Waals surface area contributed by atoms with Crippen LogP contribution in [0.25, 0.3) is 21.9 Å². The Morgan fingerprint density at radius 3 is 2.39 bits per heavy atom. The minimum atomic E-state index is -0.869. The zero-order chi connectivity index (χ0) is 22.0. The first-order valence-electron chi connectivity index (χ1n) is 9.92. The molecule has 0 aliphatic carbocycles. The van der Waals surface area contributed by atoms with Crippen molar-refractivity contribution in [2.75, 3.05) is 19.0 Å². The molecule has 0 bridgehead atoms. The Kier molecular flexibility index (Phi) is 5.38. The van der Waals surface area contributed by atoms with E-state index in [1.54, 1.807) is 19.9 Å². The largest absolute Gasteiger partial charge is 0.495 e. The highest BCUT2D eigenvalue weighted by molar-refractivity contribution is 6.08. The zero-order valence-electron chi connectivity index (χ0n) is 17.6. The van der Waals surface area contributed by atoms with Crippen LogP contribution in [0.4, 0.5) is 5.69 Å². The first kappa shape index (κ1) is 20.5. The van der Waals surface area contributed by atoms with Gasteiger partial charge in [0.25, 0.3) is 5.91 Å². The number of nitrogens with one attached hydrogen (secondary N) is 1. The molecule has 0 aliphatic rings. The summed E-state index contributed by atoms with van der Waals surface area (Å²) in [5, 5.41) is 4.60. The maximum absolute atomic E-state index is 12.6. The number of carbonyl (C=O) groups excluding carboxylic acids is 2. The van der Waals surface area contributed by atoms with E-state index in [0.29, 0.717) is 17.0 Å². The number of hydrogen-bond acceptors (Lipinski definition) is 5. The molecule has 1 N–H and O–H groups in total. The molecular formula is C25H23NO5. The van der Waals surface area contributed by atoms with E-state index in [4.69, 9.17) is 13.9 Å². The second-order valence-corrected chi connectivity index (χ2v) is 7.76. The summed E-state index contributed by atoms with van der Waals surface area (Å²) >= 11 is 0. The van der Waals surface area contributed by atoms with Crippen LogP contribution in [0, 0.1) is 0 Å². The zero-order valence-corrected chi connectivity index (χ0v) is 17.6. The van der Waals surface area contributed by atoms with Crippen LogP contribution in [0.3, 0.4) is 0 Å². The molecule has 4 rings (SSSR count). The third-order valence-corrected chi connectivity index (χ3v) is 5.31. The number of furan rings is 1. The molecule has 1 aromatic heterocycles. The first-order valence-corrected chi connectivity index (χ1v) is 9.92. The lowest BCUT2D eigenvalue weighted by atomic mass is 9.85. The Labute approximate surface area is 179 Å². The second kappa shape index (κ2) is 8.14. The van der Waals surface area contributed by atoms with E-state index in [1.165, 1.54) is 7.11 Å². The highest BCUT2D eigenvalue weighted by Gasteiger charge is 2.31. The number of para-hydroxylation sites is 1. The van der Waals surface area contributed by atoms with Crippen LogP contribution < -0.4 is 10.1 Å². The SMILES string of the molecule is COc1cc2c(cc1NC(=O)COC(=O)C(C)(C)c1ccccc1)oc1ccccc12. The number of amides is 1. The normalized spacial score (nSPS) is 11.5. The quantitative estimate of drug-likeness (QED) is 0.444. The Hall–Kier alpha value is -3.80. The number of anilines is 1. The Morgan fingerprint density at radius 1 is 0.935 bits per heavy atom. The molecule has 1 heterocycles. The molecule has 0 radical (unpaired) electrons. The molecule has 0 atom stereocenters. The number of carbonyl (C=O) groups is 2. The van der Waals surface area contributed by atoms with Crippen molar-refractivity contribution in [3.63, 3.8) is 0 Å². The van der Waals surface area contributed by atoms with Gasteiger partial charge in [0.2, 0.25) is 0 Å². The number of rotatable bonds is 6. The molecule has 6 nitrogen and oxygen atoms in total. The molecule has 4 aromatic rings. The van der Waals surface area contributed by atoms with Gasteiger partial charge in [-0.2, -0.15) is 0 Å². The number of methoxy groups -OCH3 is 1. The summed E-state index contributed by atoms with van der Waals surface area (Å²) < 4.78 is 16.6. The van der Waals surface area contributed by atoms with E-state index in [0.717, 1.165) is 21.9 Å². The van der Waals surface area contributed by atoms with E-state index in [9.17, 15) is 9.59 Å². The Balaban J connectivity index is 1.49. The van der Waals surface area contributed by atoms with E-state index >= 15 is 0 Å². The number of fused-ring (bicyclic) bond motifs is 3. The molecular weight excluding hydrogens is 394 g/mol.